The molecule has 0 aromatic carbocycles. The Kier molecular flexibility index (Phi) is 2.54. The van der Waals surface area contributed by atoms with Gasteiger partial charge in [-0.25, -0.2) is 0 Å². The Morgan fingerprint density at radius 3 is 2.54 bits per heavy atom. The molecule has 1 aliphatic rings. The summed E-state index contributed by atoms with van der Waals surface area (Å²) < 4.78 is 0. The Hall–Kier alpha value is -0.380. The molecule has 0 saturated heterocycles. The van der Waals surface area contributed by atoms with Crippen LogP contribution in [0.1, 0.15) is 33.6 Å². The zero-order chi connectivity index (χ0) is 10.3. The molecule has 0 aromatic rings. The molecule has 0 heterocycles. The molecule has 1 rings (SSSR count). The molecule has 0 saturated carbocycles. The topological polar surface area (TPSA) is 66.5 Å². The lowest BCUT2D eigenvalue weighted by atomic mass is 9.79. The monoisotopic (exact) mass is 185 g/mol. The van der Waals surface area contributed by atoms with E-state index in [1.54, 1.807) is 26.8 Å². The lowest BCUT2D eigenvalue weighted by Gasteiger charge is -2.36. The summed E-state index contributed by atoms with van der Waals surface area (Å²) in [7, 11) is 0. The molecular formula is C10H19NO2. The molecular weight excluding hydrogens is 166 g/mol. The minimum atomic E-state index is -0.825. The zero-order valence-electron chi connectivity index (χ0n) is 8.54. The van der Waals surface area contributed by atoms with E-state index in [2.05, 4.69) is 0 Å². The first-order valence-electron chi connectivity index (χ1n) is 4.65. The van der Waals surface area contributed by atoms with Gasteiger partial charge in [0.15, 0.2) is 0 Å². The first-order valence-corrected chi connectivity index (χ1v) is 4.65. The van der Waals surface area contributed by atoms with Gasteiger partial charge in [0.05, 0.1) is 17.2 Å². The predicted molar refractivity (Wildman–Crippen MR) is 52.2 cm³/mol. The summed E-state index contributed by atoms with van der Waals surface area (Å²) in [6, 6.07) is -0.373. The van der Waals surface area contributed by atoms with E-state index in [0.29, 0.717) is 12.8 Å². The number of hydrogen-bond acceptors (Lipinski definition) is 3. The molecule has 1 aliphatic carbocycles. The lowest BCUT2D eigenvalue weighted by molar-refractivity contribution is 0.0247. The van der Waals surface area contributed by atoms with E-state index in [9.17, 15) is 10.2 Å². The molecule has 4 N–H and O–H groups in total. The Morgan fingerprint density at radius 2 is 2.15 bits per heavy atom. The maximum atomic E-state index is 9.78. The van der Waals surface area contributed by atoms with Crippen LogP contribution in [0.25, 0.3) is 0 Å². The lowest BCUT2D eigenvalue weighted by Crippen LogP contribution is -2.48. The number of hydrogen-bond donors (Lipinski definition) is 3. The first-order chi connectivity index (χ1) is 5.73. The van der Waals surface area contributed by atoms with Gasteiger partial charge in [-0.05, 0) is 39.2 Å². The maximum Gasteiger partial charge on any atom is 0.0808 e. The third kappa shape index (κ3) is 2.30. The summed E-state index contributed by atoms with van der Waals surface area (Å²) in [5.41, 5.74) is 5.05. The van der Waals surface area contributed by atoms with Crippen molar-refractivity contribution in [2.75, 3.05) is 0 Å². The molecule has 2 atom stereocenters. The van der Waals surface area contributed by atoms with Gasteiger partial charge in [0.25, 0.3) is 0 Å². The van der Waals surface area contributed by atoms with Crippen molar-refractivity contribution in [3.63, 3.8) is 0 Å². The van der Waals surface area contributed by atoms with Gasteiger partial charge in [-0.3, -0.25) is 0 Å². The zero-order valence-corrected chi connectivity index (χ0v) is 8.54. The highest BCUT2D eigenvalue weighted by Crippen LogP contribution is 2.31. The van der Waals surface area contributed by atoms with Gasteiger partial charge in [-0.15, -0.1) is 0 Å². The van der Waals surface area contributed by atoms with Gasteiger partial charge < -0.3 is 15.9 Å². The Balaban J connectivity index is 2.85. The summed E-state index contributed by atoms with van der Waals surface area (Å²) in [6.07, 6.45) is 3.11. The van der Waals surface area contributed by atoms with Crippen molar-refractivity contribution in [2.24, 2.45) is 5.73 Å². The first kappa shape index (κ1) is 10.7. The summed E-state index contributed by atoms with van der Waals surface area (Å²) in [4.78, 5) is 0. The molecule has 0 spiro atoms. The molecule has 0 radical (unpaired) electrons. The van der Waals surface area contributed by atoms with Crippen LogP contribution in [0.15, 0.2) is 11.6 Å². The fourth-order valence-electron chi connectivity index (χ4n) is 1.54. The van der Waals surface area contributed by atoms with Crippen molar-refractivity contribution in [2.45, 2.75) is 50.9 Å². The van der Waals surface area contributed by atoms with E-state index in [-0.39, 0.29) is 6.04 Å². The summed E-state index contributed by atoms with van der Waals surface area (Å²) >= 11 is 0. The Bertz CT molecular complexity index is 226. The minimum absolute atomic E-state index is 0.373. The number of rotatable bonds is 1. The Morgan fingerprint density at radius 1 is 1.62 bits per heavy atom. The maximum absolute atomic E-state index is 9.78. The fourth-order valence-corrected chi connectivity index (χ4v) is 1.54. The second kappa shape index (κ2) is 3.08. The molecule has 0 aliphatic heterocycles. The highest BCUT2D eigenvalue weighted by molar-refractivity contribution is 5.22. The summed E-state index contributed by atoms with van der Waals surface area (Å²) in [6.45, 7) is 5.21. The average molecular weight is 185 g/mol. The summed E-state index contributed by atoms with van der Waals surface area (Å²) in [5, 5.41) is 19.5. The van der Waals surface area contributed by atoms with Crippen molar-refractivity contribution in [3.8, 4) is 0 Å². The van der Waals surface area contributed by atoms with E-state index in [4.69, 9.17) is 5.73 Å². The van der Waals surface area contributed by atoms with Crippen molar-refractivity contribution >= 4 is 0 Å². The van der Waals surface area contributed by atoms with Crippen molar-refractivity contribution in [3.05, 3.63) is 11.6 Å². The molecule has 13 heavy (non-hydrogen) atoms. The fraction of sp³-hybridized carbons (Fsp3) is 0.800. The van der Waals surface area contributed by atoms with E-state index in [0.717, 1.165) is 5.57 Å². The van der Waals surface area contributed by atoms with Crippen LogP contribution in [0.4, 0.5) is 0 Å². The highest BCUT2D eigenvalue weighted by Gasteiger charge is 2.34. The van der Waals surface area contributed by atoms with Gasteiger partial charge in [-0.1, -0.05) is 6.08 Å². The molecule has 0 bridgehead atoms. The van der Waals surface area contributed by atoms with Gasteiger partial charge in [0.2, 0.25) is 0 Å². The number of nitrogens with two attached hydrogens (primary N) is 1. The van der Waals surface area contributed by atoms with E-state index in [1.807, 2.05) is 0 Å². The summed E-state index contributed by atoms with van der Waals surface area (Å²) in [5.74, 6) is 0. The smallest absolute Gasteiger partial charge is 0.0808 e. The van der Waals surface area contributed by atoms with E-state index in [1.165, 1.54) is 0 Å². The van der Waals surface area contributed by atoms with Gasteiger partial charge in [0, 0.05) is 0 Å². The van der Waals surface area contributed by atoms with Gasteiger partial charge >= 0.3 is 0 Å². The minimum Gasteiger partial charge on any atom is -0.388 e. The third-order valence-electron chi connectivity index (χ3n) is 2.79. The number of aliphatic hydroxyl groups is 2. The van der Waals surface area contributed by atoms with Crippen molar-refractivity contribution < 1.29 is 10.2 Å². The molecule has 2 unspecified atom stereocenters. The van der Waals surface area contributed by atoms with E-state index < -0.39 is 11.2 Å². The van der Waals surface area contributed by atoms with Crippen LogP contribution in [0.2, 0.25) is 0 Å². The third-order valence-corrected chi connectivity index (χ3v) is 2.79. The Labute approximate surface area is 79.3 Å². The van der Waals surface area contributed by atoms with Crippen LogP contribution in [0, 0.1) is 0 Å². The van der Waals surface area contributed by atoms with Crippen LogP contribution in [0.5, 0.6) is 0 Å². The van der Waals surface area contributed by atoms with Gasteiger partial charge in [-0.2, -0.15) is 0 Å². The normalized spacial score (nSPS) is 35.8. The molecule has 76 valence electrons. The van der Waals surface area contributed by atoms with Crippen molar-refractivity contribution in [1.82, 2.24) is 0 Å². The van der Waals surface area contributed by atoms with Crippen LogP contribution in [0.3, 0.4) is 0 Å². The van der Waals surface area contributed by atoms with Crippen LogP contribution >= 0.6 is 0 Å². The van der Waals surface area contributed by atoms with Gasteiger partial charge in [0.1, 0.15) is 0 Å². The largest absolute Gasteiger partial charge is 0.388 e. The molecule has 0 fully saturated rings. The molecule has 3 heteroatoms. The molecule has 0 amide bonds. The second-order valence-corrected chi connectivity index (χ2v) is 4.63. The quantitative estimate of drug-likeness (QED) is 0.523. The molecule has 3 nitrogen and oxygen atoms in total. The SMILES string of the molecule is CC(C)(O)C1=CC(N)C(C)(O)CC1. The van der Waals surface area contributed by atoms with Crippen molar-refractivity contribution in [1.29, 1.82) is 0 Å². The highest BCUT2D eigenvalue weighted by atomic mass is 16.3. The predicted octanol–water partition coefficient (Wildman–Crippen LogP) is 0.556. The average Bonchev–Trinajstić information content (AvgIpc) is 1.92. The molecule has 0 aromatic heterocycles. The van der Waals surface area contributed by atoms with Crippen LogP contribution in [-0.4, -0.2) is 27.5 Å². The standard InChI is InChI=1S/C10H19NO2/c1-9(2,12)7-4-5-10(3,13)8(11)6-7/h6,8,12-13H,4-5,11H2,1-3H3. The second-order valence-electron chi connectivity index (χ2n) is 4.63. The van der Waals surface area contributed by atoms with Crippen LogP contribution < -0.4 is 5.73 Å². The van der Waals surface area contributed by atoms with Crippen LogP contribution in [-0.2, 0) is 0 Å². The van der Waals surface area contributed by atoms with E-state index >= 15 is 0 Å².